The Hall–Kier alpha value is -3.14. The van der Waals surface area contributed by atoms with Crippen LogP contribution < -0.4 is 11.1 Å². The molecule has 0 atom stereocenters. The van der Waals surface area contributed by atoms with E-state index in [-0.39, 0.29) is 23.0 Å². The van der Waals surface area contributed by atoms with E-state index in [0.717, 1.165) is 0 Å². The van der Waals surface area contributed by atoms with Gasteiger partial charge in [0.25, 0.3) is 5.91 Å². The van der Waals surface area contributed by atoms with Crippen LogP contribution in [0.1, 0.15) is 16.1 Å². The molecule has 7 nitrogen and oxygen atoms in total. The molecule has 1 aromatic heterocycles. The molecule has 4 N–H and O–H groups in total. The minimum absolute atomic E-state index is 0.0790. The van der Waals surface area contributed by atoms with Crippen molar-refractivity contribution in [3.63, 3.8) is 0 Å². The summed E-state index contributed by atoms with van der Waals surface area (Å²) in [5.74, 6) is -0.646. The van der Waals surface area contributed by atoms with E-state index >= 15 is 0 Å². The Kier molecular flexibility index (Phi) is 3.25. The number of nitrogens with two attached hydrogens (primary N) is 1. The summed E-state index contributed by atoms with van der Waals surface area (Å²) in [6, 6.07) is 7.63. The summed E-state index contributed by atoms with van der Waals surface area (Å²) in [5, 5.41) is 21.0. The Labute approximate surface area is 108 Å². The van der Waals surface area contributed by atoms with Crippen LogP contribution in [0, 0.1) is 11.3 Å². The number of aromatic hydroxyl groups is 1. The lowest BCUT2D eigenvalue weighted by molar-refractivity contribution is 0.0995. The first-order valence-electron chi connectivity index (χ1n) is 5.23. The van der Waals surface area contributed by atoms with Crippen molar-refractivity contribution >= 4 is 17.5 Å². The minimum atomic E-state index is -0.659. The lowest BCUT2D eigenvalue weighted by Gasteiger charge is -2.06. The fourth-order valence-corrected chi connectivity index (χ4v) is 1.39. The van der Waals surface area contributed by atoms with Crippen molar-refractivity contribution in [3.8, 4) is 11.8 Å². The second kappa shape index (κ2) is 5.01. The fraction of sp³-hybridized carbons (Fsp3) is 0. The van der Waals surface area contributed by atoms with Crippen molar-refractivity contribution in [2.24, 2.45) is 5.73 Å². The van der Waals surface area contributed by atoms with E-state index in [1.54, 1.807) is 6.07 Å². The number of hydrogen-bond donors (Lipinski definition) is 3. The molecule has 0 unspecified atom stereocenters. The molecule has 0 aliphatic heterocycles. The number of benzene rings is 1. The number of hydrogen-bond acceptors (Lipinski definition) is 6. The van der Waals surface area contributed by atoms with E-state index in [1.807, 2.05) is 6.07 Å². The van der Waals surface area contributed by atoms with Gasteiger partial charge in [0.15, 0.2) is 0 Å². The molecule has 1 amide bonds. The molecule has 2 aromatic rings. The quantitative estimate of drug-likeness (QED) is 0.748. The van der Waals surface area contributed by atoms with Crippen LogP contribution >= 0.6 is 0 Å². The van der Waals surface area contributed by atoms with Crippen molar-refractivity contribution in [1.82, 2.24) is 9.97 Å². The summed E-state index contributed by atoms with van der Waals surface area (Å²) in [4.78, 5) is 18.8. The predicted octanol–water partition coefficient (Wildman–Crippen LogP) is 0.896. The summed E-state index contributed by atoms with van der Waals surface area (Å²) < 4.78 is 0. The van der Waals surface area contributed by atoms with Gasteiger partial charge in [-0.15, -0.1) is 0 Å². The average Bonchev–Trinajstić information content (AvgIpc) is 2.39. The number of rotatable bonds is 3. The minimum Gasteiger partial charge on any atom is -0.506 e. The molecule has 0 aliphatic carbocycles. The van der Waals surface area contributed by atoms with Gasteiger partial charge in [-0.2, -0.15) is 5.26 Å². The van der Waals surface area contributed by atoms with Crippen LogP contribution in [-0.2, 0) is 0 Å². The summed E-state index contributed by atoms with van der Waals surface area (Å²) in [6.07, 6.45) is 1.39. The van der Waals surface area contributed by atoms with Crippen molar-refractivity contribution < 1.29 is 9.90 Å². The zero-order valence-corrected chi connectivity index (χ0v) is 9.66. The third kappa shape index (κ3) is 2.76. The van der Waals surface area contributed by atoms with Crippen LogP contribution in [0.15, 0.2) is 30.5 Å². The van der Waals surface area contributed by atoms with Gasteiger partial charge in [-0.3, -0.25) is 4.79 Å². The lowest BCUT2D eigenvalue weighted by atomic mass is 10.2. The van der Waals surface area contributed by atoms with E-state index in [4.69, 9.17) is 11.0 Å². The normalized spacial score (nSPS) is 9.63. The third-order valence-electron chi connectivity index (χ3n) is 2.28. The number of primary amides is 1. The van der Waals surface area contributed by atoms with Crippen LogP contribution in [-0.4, -0.2) is 21.0 Å². The fourth-order valence-electron chi connectivity index (χ4n) is 1.39. The maximum atomic E-state index is 11.0. The monoisotopic (exact) mass is 255 g/mol. The Bertz CT molecular complexity index is 678. The summed E-state index contributed by atoms with van der Waals surface area (Å²) >= 11 is 0. The van der Waals surface area contributed by atoms with E-state index in [2.05, 4.69) is 15.3 Å². The SMILES string of the molecule is N#Cc1ccc(Nc2nccc(C(N)=O)n2)cc1O. The summed E-state index contributed by atoms with van der Waals surface area (Å²) in [5.41, 5.74) is 5.83. The molecule has 19 heavy (non-hydrogen) atoms. The first kappa shape index (κ1) is 12.3. The second-order valence-electron chi connectivity index (χ2n) is 3.60. The summed E-state index contributed by atoms with van der Waals surface area (Å²) in [6.45, 7) is 0. The van der Waals surface area contributed by atoms with E-state index < -0.39 is 5.91 Å². The Balaban J connectivity index is 2.26. The molecular weight excluding hydrogens is 246 g/mol. The number of nitriles is 1. The first-order chi connectivity index (χ1) is 9.10. The first-order valence-corrected chi connectivity index (χ1v) is 5.23. The molecule has 0 spiro atoms. The van der Waals surface area contributed by atoms with Gasteiger partial charge in [-0.05, 0) is 18.2 Å². The molecule has 0 saturated heterocycles. The summed E-state index contributed by atoms with van der Waals surface area (Å²) in [7, 11) is 0. The van der Waals surface area contributed by atoms with Gasteiger partial charge in [0, 0.05) is 18.0 Å². The number of aromatic nitrogens is 2. The topological polar surface area (TPSA) is 125 Å². The van der Waals surface area contributed by atoms with Crippen LogP contribution in [0.5, 0.6) is 5.75 Å². The number of phenolic OH excluding ortho intramolecular Hbond substituents is 1. The van der Waals surface area contributed by atoms with Crippen LogP contribution in [0.3, 0.4) is 0 Å². The molecule has 0 saturated carbocycles. The number of phenols is 1. The second-order valence-corrected chi connectivity index (χ2v) is 3.60. The van der Waals surface area contributed by atoms with Crippen LogP contribution in [0.4, 0.5) is 11.6 Å². The Morgan fingerprint density at radius 3 is 2.84 bits per heavy atom. The zero-order valence-electron chi connectivity index (χ0n) is 9.66. The van der Waals surface area contributed by atoms with Crippen LogP contribution in [0.2, 0.25) is 0 Å². The Morgan fingerprint density at radius 1 is 1.42 bits per heavy atom. The number of nitrogens with one attached hydrogen (secondary N) is 1. The number of amides is 1. The molecule has 0 radical (unpaired) electrons. The predicted molar refractivity (Wildman–Crippen MR) is 66.7 cm³/mol. The van der Waals surface area contributed by atoms with Gasteiger partial charge in [0.2, 0.25) is 5.95 Å². The van der Waals surface area contributed by atoms with Gasteiger partial charge in [0.05, 0.1) is 5.56 Å². The highest BCUT2D eigenvalue weighted by molar-refractivity contribution is 5.90. The van der Waals surface area contributed by atoms with Gasteiger partial charge in [-0.1, -0.05) is 0 Å². The zero-order chi connectivity index (χ0) is 13.8. The molecule has 0 bridgehead atoms. The highest BCUT2D eigenvalue weighted by Crippen LogP contribution is 2.22. The van der Waals surface area contributed by atoms with E-state index in [9.17, 15) is 9.90 Å². The van der Waals surface area contributed by atoms with Crippen molar-refractivity contribution in [3.05, 3.63) is 41.7 Å². The van der Waals surface area contributed by atoms with Gasteiger partial charge >= 0.3 is 0 Å². The third-order valence-corrected chi connectivity index (χ3v) is 2.28. The maximum absolute atomic E-state index is 11.0. The molecular formula is C12H9N5O2. The number of carbonyl (C=O) groups excluding carboxylic acids is 1. The number of nitrogens with zero attached hydrogens (tertiary/aromatic N) is 3. The molecule has 94 valence electrons. The van der Waals surface area contributed by atoms with Crippen molar-refractivity contribution in [2.45, 2.75) is 0 Å². The van der Waals surface area contributed by atoms with E-state index in [0.29, 0.717) is 5.69 Å². The standard InChI is InChI=1S/C12H9N5O2/c13-6-7-1-2-8(5-10(7)18)16-12-15-4-3-9(17-12)11(14)19/h1-5,18H,(H2,14,19)(H,15,16,17). The number of anilines is 2. The largest absolute Gasteiger partial charge is 0.506 e. The van der Waals surface area contributed by atoms with E-state index in [1.165, 1.54) is 24.4 Å². The number of carbonyl (C=O) groups is 1. The molecule has 1 heterocycles. The van der Waals surface area contributed by atoms with Crippen LogP contribution in [0.25, 0.3) is 0 Å². The van der Waals surface area contributed by atoms with Crippen molar-refractivity contribution in [2.75, 3.05) is 5.32 Å². The average molecular weight is 255 g/mol. The van der Waals surface area contributed by atoms with Gasteiger partial charge in [0.1, 0.15) is 17.5 Å². The highest BCUT2D eigenvalue weighted by Gasteiger charge is 2.06. The molecule has 0 fully saturated rings. The highest BCUT2D eigenvalue weighted by atomic mass is 16.3. The Morgan fingerprint density at radius 2 is 2.21 bits per heavy atom. The van der Waals surface area contributed by atoms with Crippen molar-refractivity contribution in [1.29, 1.82) is 5.26 Å². The van der Waals surface area contributed by atoms with Gasteiger partial charge < -0.3 is 16.2 Å². The molecule has 0 aliphatic rings. The molecule has 7 heteroatoms. The molecule has 2 rings (SSSR count). The smallest absolute Gasteiger partial charge is 0.267 e. The lowest BCUT2D eigenvalue weighted by Crippen LogP contribution is -2.14. The molecule has 1 aromatic carbocycles. The maximum Gasteiger partial charge on any atom is 0.267 e. The van der Waals surface area contributed by atoms with Gasteiger partial charge in [-0.25, -0.2) is 9.97 Å².